The van der Waals surface area contributed by atoms with Gasteiger partial charge in [0.15, 0.2) is 0 Å². The molecule has 0 fully saturated rings. The van der Waals surface area contributed by atoms with Crippen molar-refractivity contribution in [3.8, 4) is 5.75 Å². The van der Waals surface area contributed by atoms with Crippen LogP contribution in [-0.4, -0.2) is 23.3 Å². The number of hydrogen-bond acceptors (Lipinski definition) is 5. The minimum atomic E-state index is 0.273. The molecule has 2 aromatic heterocycles. The Labute approximate surface area is 193 Å². The van der Waals surface area contributed by atoms with Crippen LogP contribution in [-0.2, 0) is 0 Å². The summed E-state index contributed by atoms with van der Waals surface area (Å²) in [6, 6.07) is 16.6. The zero-order chi connectivity index (χ0) is 22.1. The first-order valence-electron chi connectivity index (χ1n) is 10.6. The topological polar surface area (TPSA) is 35.0 Å². The monoisotopic (exact) mass is 448 g/mol. The van der Waals surface area contributed by atoms with Gasteiger partial charge in [0, 0.05) is 20.6 Å². The predicted molar refractivity (Wildman–Crippen MR) is 134 cm³/mol. The summed E-state index contributed by atoms with van der Waals surface area (Å²) in [5, 5.41) is 2.24. The fourth-order valence-corrected chi connectivity index (χ4v) is 6.37. The highest BCUT2D eigenvalue weighted by molar-refractivity contribution is 8.02. The number of aromatic nitrogens is 2. The standard InChI is InChI=1S/C26H28N2OS2/c1-15(2)21-25(23(29-5)17-11-7-9-13-19(17)27-21)31-26-22(16(3)4)28-20-14-10-8-12-18(20)24(26)30-6/h7-16H,1-6H3. The molecule has 0 N–H and O–H groups in total. The molecule has 3 nitrogen and oxygen atoms in total. The van der Waals surface area contributed by atoms with Crippen molar-refractivity contribution in [2.75, 3.05) is 13.4 Å². The van der Waals surface area contributed by atoms with E-state index in [1.165, 1.54) is 15.2 Å². The van der Waals surface area contributed by atoms with Crippen molar-refractivity contribution in [3.05, 3.63) is 59.9 Å². The average molecular weight is 449 g/mol. The van der Waals surface area contributed by atoms with Gasteiger partial charge in [-0.2, -0.15) is 0 Å². The number of thioether (sulfide) groups is 1. The minimum absolute atomic E-state index is 0.273. The molecule has 4 aromatic rings. The van der Waals surface area contributed by atoms with Crippen LogP contribution in [0.1, 0.15) is 50.9 Å². The van der Waals surface area contributed by atoms with E-state index in [1.54, 1.807) is 30.6 Å². The number of para-hydroxylation sites is 2. The smallest absolute Gasteiger partial charge is 0.144 e. The van der Waals surface area contributed by atoms with E-state index in [1.807, 2.05) is 12.1 Å². The van der Waals surface area contributed by atoms with E-state index in [4.69, 9.17) is 14.7 Å². The normalized spacial score (nSPS) is 11.7. The Kier molecular flexibility index (Phi) is 6.44. The largest absolute Gasteiger partial charge is 0.495 e. The number of methoxy groups -OCH3 is 1. The lowest BCUT2D eigenvalue weighted by atomic mass is 10.1. The van der Waals surface area contributed by atoms with Gasteiger partial charge in [-0.25, -0.2) is 0 Å². The highest BCUT2D eigenvalue weighted by atomic mass is 32.2. The fraction of sp³-hybridized carbons (Fsp3) is 0.308. The van der Waals surface area contributed by atoms with Crippen molar-refractivity contribution in [2.45, 2.75) is 54.2 Å². The predicted octanol–water partition coefficient (Wildman–Crippen LogP) is 7.91. The Hall–Kier alpha value is -2.24. The molecule has 0 unspecified atom stereocenters. The number of pyridine rings is 2. The van der Waals surface area contributed by atoms with E-state index in [9.17, 15) is 0 Å². The molecule has 0 aliphatic carbocycles. The minimum Gasteiger partial charge on any atom is -0.495 e. The van der Waals surface area contributed by atoms with Crippen LogP contribution in [0.4, 0.5) is 0 Å². The lowest BCUT2D eigenvalue weighted by Crippen LogP contribution is -2.03. The first kappa shape index (κ1) is 22.0. The quantitative estimate of drug-likeness (QED) is 0.280. The Morgan fingerprint density at radius 3 is 1.77 bits per heavy atom. The van der Waals surface area contributed by atoms with Crippen LogP contribution in [0.2, 0.25) is 0 Å². The van der Waals surface area contributed by atoms with E-state index in [-0.39, 0.29) is 5.92 Å². The highest BCUT2D eigenvalue weighted by Gasteiger charge is 2.24. The van der Waals surface area contributed by atoms with Gasteiger partial charge in [-0.1, -0.05) is 69.8 Å². The molecular weight excluding hydrogens is 420 g/mol. The summed E-state index contributed by atoms with van der Waals surface area (Å²) >= 11 is 3.54. The third-order valence-corrected chi connectivity index (χ3v) is 7.54. The number of benzene rings is 2. The maximum atomic E-state index is 5.99. The molecule has 0 amide bonds. The molecule has 5 heteroatoms. The maximum Gasteiger partial charge on any atom is 0.144 e. The SMILES string of the molecule is COc1c(Sc2c(C(C)C)nc3ccccc3c2SC)c(C(C)C)nc2ccccc12. The van der Waals surface area contributed by atoms with Crippen LogP contribution in [0.15, 0.2) is 63.2 Å². The van der Waals surface area contributed by atoms with Gasteiger partial charge in [0.1, 0.15) is 5.75 Å². The second-order valence-corrected chi connectivity index (χ2v) is 10.0. The molecule has 0 saturated heterocycles. The van der Waals surface area contributed by atoms with Gasteiger partial charge >= 0.3 is 0 Å². The average Bonchev–Trinajstić information content (AvgIpc) is 2.77. The first-order chi connectivity index (χ1) is 15.0. The lowest BCUT2D eigenvalue weighted by molar-refractivity contribution is 0.407. The van der Waals surface area contributed by atoms with E-state index >= 15 is 0 Å². The van der Waals surface area contributed by atoms with Crippen molar-refractivity contribution >= 4 is 45.3 Å². The molecule has 0 atom stereocenters. The van der Waals surface area contributed by atoms with Crippen molar-refractivity contribution in [1.82, 2.24) is 9.97 Å². The van der Waals surface area contributed by atoms with Gasteiger partial charge in [0.05, 0.1) is 34.4 Å². The van der Waals surface area contributed by atoms with Crippen molar-refractivity contribution in [1.29, 1.82) is 0 Å². The second-order valence-electron chi connectivity index (χ2n) is 8.16. The number of ether oxygens (including phenoxy) is 1. The summed E-state index contributed by atoms with van der Waals surface area (Å²) in [4.78, 5) is 13.7. The van der Waals surface area contributed by atoms with E-state index < -0.39 is 0 Å². The first-order valence-corrected chi connectivity index (χ1v) is 12.6. The summed E-state index contributed by atoms with van der Waals surface area (Å²) in [7, 11) is 1.76. The molecule has 0 spiro atoms. The van der Waals surface area contributed by atoms with Gasteiger partial charge in [-0.15, -0.1) is 11.8 Å². The molecule has 0 aliphatic rings. The van der Waals surface area contributed by atoms with Crippen LogP contribution in [0, 0.1) is 0 Å². The molecule has 0 bridgehead atoms. The zero-order valence-corrected chi connectivity index (χ0v) is 20.5. The fourth-order valence-electron chi connectivity index (χ4n) is 3.85. The van der Waals surface area contributed by atoms with Gasteiger partial charge < -0.3 is 4.74 Å². The van der Waals surface area contributed by atoms with E-state index in [0.717, 1.165) is 38.5 Å². The van der Waals surface area contributed by atoms with Crippen molar-refractivity contribution < 1.29 is 4.74 Å². The Morgan fingerprint density at radius 2 is 1.23 bits per heavy atom. The molecule has 160 valence electrons. The second kappa shape index (κ2) is 9.09. The molecular formula is C26H28N2OS2. The molecule has 0 saturated carbocycles. The van der Waals surface area contributed by atoms with Crippen LogP contribution in [0.5, 0.6) is 5.75 Å². The van der Waals surface area contributed by atoms with Gasteiger partial charge in [0.2, 0.25) is 0 Å². The van der Waals surface area contributed by atoms with Crippen molar-refractivity contribution in [3.63, 3.8) is 0 Å². The number of nitrogens with zero attached hydrogens (tertiary/aromatic N) is 2. The van der Waals surface area contributed by atoms with Crippen LogP contribution < -0.4 is 4.74 Å². The van der Waals surface area contributed by atoms with Gasteiger partial charge in [-0.05, 0) is 36.3 Å². The number of rotatable bonds is 6. The number of fused-ring (bicyclic) bond motifs is 2. The van der Waals surface area contributed by atoms with Gasteiger partial charge in [0.25, 0.3) is 0 Å². The van der Waals surface area contributed by atoms with Crippen molar-refractivity contribution in [2.24, 2.45) is 0 Å². The van der Waals surface area contributed by atoms with E-state index in [2.05, 4.69) is 70.3 Å². The molecule has 0 aliphatic heterocycles. The van der Waals surface area contributed by atoms with Gasteiger partial charge in [-0.3, -0.25) is 9.97 Å². The third kappa shape index (κ3) is 4.01. The summed E-state index contributed by atoms with van der Waals surface area (Å²) < 4.78 is 5.99. The highest BCUT2D eigenvalue weighted by Crippen LogP contribution is 2.48. The Morgan fingerprint density at radius 1 is 0.710 bits per heavy atom. The molecule has 31 heavy (non-hydrogen) atoms. The summed E-state index contributed by atoms with van der Waals surface area (Å²) in [6.07, 6.45) is 2.15. The Balaban J connectivity index is 2.03. The summed E-state index contributed by atoms with van der Waals surface area (Å²) in [6.45, 7) is 8.81. The third-order valence-electron chi connectivity index (χ3n) is 5.36. The molecule has 4 rings (SSSR count). The summed E-state index contributed by atoms with van der Waals surface area (Å²) in [5.74, 6) is 1.48. The van der Waals surface area contributed by atoms with Crippen LogP contribution in [0.25, 0.3) is 21.8 Å². The number of hydrogen-bond donors (Lipinski definition) is 0. The molecule has 2 heterocycles. The van der Waals surface area contributed by atoms with Crippen LogP contribution in [0.3, 0.4) is 0 Å². The van der Waals surface area contributed by atoms with E-state index in [0.29, 0.717) is 5.92 Å². The van der Waals surface area contributed by atoms with Crippen LogP contribution >= 0.6 is 23.5 Å². The lowest BCUT2D eigenvalue weighted by Gasteiger charge is -2.21. The maximum absolute atomic E-state index is 5.99. The summed E-state index contributed by atoms with van der Waals surface area (Å²) in [5.41, 5.74) is 4.21. The Bertz CT molecular complexity index is 1150. The zero-order valence-electron chi connectivity index (χ0n) is 18.9. The molecule has 0 radical (unpaired) electrons. The molecule has 2 aromatic carbocycles.